The number of fused-ring (bicyclic) bond motifs is 1. The van der Waals surface area contributed by atoms with Gasteiger partial charge in [-0.15, -0.1) is 11.3 Å². The third kappa shape index (κ3) is 3.62. The number of aromatic nitrogens is 2. The second-order valence-corrected chi connectivity index (χ2v) is 4.64. The molecule has 0 bridgehead atoms. The van der Waals surface area contributed by atoms with Crippen LogP contribution in [0, 0.1) is 0 Å². The normalized spacial score (nSPS) is 11.6. The highest BCUT2D eigenvalue weighted by Gasteiger charge is 2.12. The SMILES string of the molecule is COc1nc2sccn2c1CNCCOCC(F)F. The van der Waals surface area contributed by atoms with Crippen molar-refractivity contribution in [1.29, 1.82) is 0 Å². The zero-order chi connectivity index (χ0) is 13.7. The van der Waals surface area contributed by atoms with Gasteiger partial charge in [-0.2, -0.15) is 4.98 Å². The molecule has 2 rings (SSSR count). The van der Waals surface area contributed by atoms with Gasteiger partial charge >= 0.3 is 0 Å². The maximum absolute atomic E-state index is 11.8. The lowest BCUT2D eigenvalue weighted by atomic mass is 10.4. The number of ether oxygens (including phenoxy) is 2. The van der Waals surface area contributed by atoms with Crippen LogP contribution in [0.5, 0.6) is 5.88 Å². The summed E-state index contributed by atoms with van der Waals surface area (Å²) in [5.41, 5.74) is 0.910. The molecule has 0 aromatic carbocycles. The van der Waals surface area contributed by atoms with E-state index in [4.69, 9.17) is 9.47 Å². The van der Waals surface area contributed by atoms with Crippen LogP contribution in [-0.4, -0.2) is 42.7 Å². The van der Waals surface area contributed by atoms with Crippen LogP contribution < -0.4 is 10.1 Å². The topological polar surface area (TPSA) is 47.8 Å². The van der Waals surface area contributed by atoms with E-state index in [2.05, 4.69) is 10.3 Å². The molecule has 0 atom stereocenters. The first-order valence-corrected chi connectivity index (χ1v) is 6.65. The van der Waals surface area contributed by atoms with Crippen molar-refractivity contribution in [3.63, 3.8) is 0 Å². The summed E-state index contributed by atoms with van der Waals surface area (Å²) in [4.78, 5) is 5.18. The first-order chi connectivity index (χ1) is 9.22. The van der Waals surface area contributed by atoms with E-state index in [0.717, 1.165) is 10.7 Å². The van der Waals surface area contributed by atoms with Crippen LogP contribution >= 0.6 is 11.3 Å². The van der Waals surface area contributed by atoms with Crippen LogP contribution in [-0.2, 0) is 11.3 Å². The first kappa shape index (κ1) is 14.2. The Morgan fingerprint density at radius 1 is 1.53 bits per heavy atom. The molecular formula is C11H15F2N3O2S. The Morgan fingerprint density at radius 3 is 3.11 bits per heavy atom. The molecule has 0 saturated heterocycles. The van der Waals surface area contributed by atoms with Crippen molar-refractivity contribution in [3.05, 3.63) is 17.3 Å². The molecule has 2 heterocycles. The molecule has 106 valence electrons. The van der Waals surface area contributed by atoms with Crippen LogP contribution in [0.25, 0.3) is 4.96 Å². The number of halogens is 2. The number of hydrogen-bond acceptors (Lipinski definition) is 5. The van der Waals surface area contributed by atoms with Gasteiger partial charge < -0.3 is 14.8 Å². The molecule has 8 heteroatoms. The third-order valence-corrected chi connectivity index (χ3v) is 3.23. The summed E-state index contributed by atoms with van der Waals surface area (Å²) < 4.78 is 35.6. The fourth-order valence-corrected chi connectivity index (χ4v) is 2.39. The number of rotatable bonds is 8. The minimum Gasteiger partial charge on any atom is -0.480 e. The second kappa shape index (κ2) is 6.78. The number of nitrogens with zero attached hydrogens (tertiary/aromatic N) is 2. The predicted octanol–water partition coefficient (Wildman–Crippen LogP) is 1.78. The minimum absolute atomic E-state index is 0.248. The zero-order valence-corrected chi connectivity index (χ0v) is 11.3. The highest BCUT2D eigenvalue weighted by molar-refractivity contribution is 7.15. The Balaban J connectivity index is 1.82. The van der Waals surface area contributed by atoms with Gasteiger partial charge in [0, 0.05) is 24.7 Å². The predicted molar refractivity (Wildman–Crippen MR) is 68.2 cm³/mol. The van der Waals surface area contributed by atoms with E-state index < -0.39 is 13.0 Å². The van der Waals surface area contributed by atoms with Gasteiger partial charge in [0.2, 0.25) is 5.88 Å². The van der Waals surface area contributed by atoms with Crippen molar-refractivity contribution in [3.8, 4) is 5.88 Å². The van der Waals surface area contributed by atoms with Crippen LogP contribution in [0.4, 0.5) is 8.78 Å². The summed E-state index contributed by atoms with van der Waals surface area (Å²) in [6.45, 7) is 0.761. The van der Waals surface area contributed by atoms with Crippen molar-refractivity contribution in [1.82, 2.24) is 14.7 Å². The molecule has 2 aromatic rings. The van der Waals surface area contributed by atoms with Gasteiger partial charge in [-0.05, 0) is 0 Å². The number of hydrogen-bond donors (Lipinski definition) is 1. The lowest BCUT2D eigenvalue weighted by molar-refractivity contribution is 0.0187. The van der Waals surface area contributed by atoms with Crippen molar-refractivity contribution >= 4 is 16.3 Å². The Morgan fingerprint density at radius 2 is 2.37 bits per heavy atom. The highest BCUT2D eigenvalue weighted by atomic mass is 32.1. The lowest BCUT2D eigenvalue weighted by Gasteiger charge is -2.06. The summed E-state index contributed by atoms with van der Waals surface area (Å²) in [7, 11) is 1.57. The van der Waals surface area contributed by atoms with Gasteiger partial charge in [0.05, 0.1) is 13.7 Å². The van der Waals surface area contributed by atoms with Gasteiger partial charge in [0.15, 0.2) is 4.96 Å². The number of nitrogens with one attached hydrogen (secondary N) is 1. The summed E-state index contributed by atoms with van der Waals surface area (Å²) in [5.74, 6) is 0.577. The minimum atomic E-state index is -2.42. The van der Waals surface area contributed by atoms with Crippen molar-refractivity contribution in [2.24, 2.45) is 0 Å². The number of thiazole rings is 1. The molecule has 0 radical (unpaired) electrons. The average Bonchev–Trinajstić information content (AvgIpc) is 2.94. The first-order valence-electron chi connectivity index (χ1n) is 5.77. The van der Waals surface area contributed by atoms with E-state index in [1.165, 1.54) is 11.3 Å². The van der Waals surface area contributed by atoms with Crippen LogP contribution in [0.15, 0.2) is 11.6 Å². The maximum atomic E-state index is 11.8. The Bertz CT molecular complexity index is 515. The van der Waals surface area contributed by atoms with Crippen molar-refractivity contribution < 1.29 is 18.3 Å². The lowest BCUT2D eigenvalue weighted by Crippen LogP contribution is -2.21. The molecular weight excluding hydrogens is 276 g/mol. The Kier molecular flexibility index (Phi) is 5.06. The van der Waals surface area contributed by atoms with Gasteiger partial charge in [0.1, 0.15) is 12.3 Å². The fraction of sp³-hybridized carbons (Fsp3) is 0.545. The molecule has 0 aliphatic rings. The largest absolute Gasteiger partial charge is 0.480 e. The summed E-state index contributed by atoms with van der Waals surface area (Å²) in [6.07, 6.45) is -0.500. The van der Waals surface area contributed by atoms with E-state index in [0.29, 0.717) is 19.0 Å². The maximum Gasteiger partial charge on any atom is 0.261 e. The smallest absolute Gasteiger partial charge is 0.261 e. The molecule has 0 saturated carbocycles. The number of imidazole rings is 1. The summed E-state index contributed by atoms with van der Waals surface area (Å²) in [6, 6.07) is 0. The van der Waals surface area contributed by atoms with Crippen molar-refractivity contribution in [2.45, 2.75) is 13.0 Å². The van der Waals surface area contributed by atoms with E-state index in [9.17, 15) is 8.78 Å². The molecule has 0 fully saturated rings. The Hall–Kier alpha value is -1.25. The van der Waals surface area contributed by atoms with Gasteiger partial charge in [-0.3, -0.25) is 4.40 Å². The van der Waals surface area contributed by atoms with Crippen LogP contribution in [0.3, 0.4) is 0 Å². The second-order valence-electron chi connectivity index (χ2n) is 3.77. The van der Waals surface area contributed by atoms with E-state index >= 15 is 0 Å². The number of methoxy groups -OCH3 is 1. The molecule has 0 spiro atoms. The summed E-state index contributed by atoms with van der Waals surface area (Å²) >= 11 is 1.52. The molecule has 1 N–H and O–H groups in total. The van der Waals surface area contributed by atoms with Crippen LogP contribution in [0.2, 0.25) is 0 Å². The quantitative estimate of drug-likeness (QED) is 0.753. The molecule has 0 aliphatic heterocycles. The standard InChI is InChI=1S/C11H15F2N3O2S/c1-17-10-8(16-3-5-19-11(16)15-10)6-14-2-4-18-7-9(12)13/h3,5,9,14H,2,4,6-7H2,1H3. The molecule has 2 aromatic heterocycles. The monoisotopic (exact) mass is 291 g/mol. The van der Waals surface area contributed by atoms with Gasteiger partial charge in [-0.1, -0.05) is 0 Å². The summed E-state index contributed by atoms with van der Waals surface area (Å²) in [5, 5.41) is 5.05. The average molecular weight is 291 g/mol. The van der Waals surface area contributed by atoms with Crippen LogP contribution in [0.1, 0.15) is 5.69 Å². The van der Waals surface area contributed by atoms with E-state index in [-0.39, 0.29) is 6.61 Å². The Labute approximate surface area is 113 Å². The molecule has 5 nitrogen and oxygen atoms in total. The highest BCUT2D eigenvalue weighted by Crippen LogP contribution is 2.22. The zero-order valence-electron chi connectivity index (χ0n) is 10.4. The molecule has 0 aliphatic carbocycles. The van der Waals surface area contributed by atoms with Crippen molar-refractivity contribution in [2.75, 3.05) is 26.9 Å². The molecule has 0 unspecified atom stereocenters. The van der Waals surface area contributed by atoms with Gasteiger partial charge in [0.25, 0.3) is 6.43 Å². The molecule has 0 amide bonds. The van der Waals surface area contributed by atoms with E-state index in [1.54, 1.807) is 7.11 Å². The fourth-order valence-electron chi connectivity index (χ4n) is 1.66. The van der Waals surface area contributed by atoms with E-state index in [1.807, 2.05) is 16.0 Å². The number of alkyl halides is 2. The van der Waals surface area contributed by atoms with Gasteiger partial charge in [-0.25, -0.2) is 8.78 Å². The molecule has 19 heavy (non-hydrogen) atoms. The third-order valence-electron chi connectivity index (χ3n) is 2.48.